The van der Waals surface area contributed by atoms with Gasteiger partial charge in [0.05, 0.1) is 24.4 Å². The van der Waals surface area contributed by atoms with Gasteiger partial charge in [-0.2, -0.15) is 0 Å². The highest BCUT2D eigenvalue weighted by molar-refractivity contribution is 5.57. The van der Waals surface area contributed by atoms with Gasteiger partial charge in [0.25, 0.3) is 0 Å². The van der Waals surface area contributed by atoms with Gasteiger partial charge in [-0.25, -0.2) is 0 Å². The van der Waals surface area contributed by atoms with Crippen LogP contribution in [-0.2, 0) is 0 Å². The van der Waals surface area contributed by atoms with Crippen LogP contribution in [0.2, 0.25) is 0 Å². The van der Waals surface area contributed by atoms with Gasteiger partial charge in [-0.15, -0.1) is 0 Å². The predicted molar refractivity (Wildman–Crippen MR) is 60.3 cm³/mol. The predicted octanol–water partition coefficient (Wildman–Crippen LogP) is 2.02. The molecule has 1 saturated carbocycles. The highest BCUT2D eigenvalue weighted by Crippen LogP contribution is 2.29. The summed E-state index contributed by atoms with van der Waals surface area (Å²) in [6, 6.07) is 8.03. The fourth-order valence-electron chi connectivity index (χ4n) is 1.72. The van der Waals surface area contributed by atoms with E-state index in [1.54, 1.807) is 0 Å². The molecule has 2 rings (SSSR count). The summed E-state index contributed by atoms with van der Waals surface area (Å²) < 4.78 is 5.50. The van der Waals surface area contributed by atoms with Crippen LogP contribution in [0.25, 0.3) is 0 Å². The standard InChI is InChI=1S/C12H17NO2/c1-2-15-12-6-4-3-5-10(12)13-9-7-8-11(9)14/h3-6,9,11,13-14H,2,7-8H2,1H3/t9-,11-/m1/s1. The third-order valence-electron chi connectivity index (χ3n) is 2.77. The van der Waals surface area contributed by atoms with Crippen molar-refractivity contribution in [2.75, 3.05) is 11.9 Å². The Kier molecular flexibility index (Phi) is 3.11. The Morgan fingerprint density at radius 3 is 2.80 bits per heavy atom. The molecule has 1 aromatic carbocycles. The van der Waals surface area contributed by atoms with E-state index in [1.807, 2.05) is 31.2 Å². The zero-order valence-electron chi connectivity index (χ0n) is 8.94. The van der Waals surface area contributed by atoms with Crippen LogP contribution in [0.5, 0.6) is 5.75 Å². The van der Waals surface area contributed by atoms with E-state index in [1.165, 1.54) is 0 Å². The Balaban J connectivity index is 2.05. The normalized spacial score (nSPS) is 24.4. The fraction of sp³-hybridized carbons (Fsp3) is 0.500. The monoisotopic (exact) mass is 207 g/mol. The second-order valence-electron chi connectivity index (χ2n) is 3.82. The van der Waals surface area contributed by atoms with Crippen molar-refractivity contribution in [2.45, 2.75) is 31.9 Å². The fourth-order valence-corrected chi connectivity index (χ4v) is 1.72. The van der Waals surface area contributed by atoms with Crippen LogP contribution in [0.15, 0.2) is 24.3 Å². The molecule has 3 nitrogen and oxygen atoms in total. The maximum atomic E-state index is 9.49. The lowest BCUT2D eigenvalue weighted by Crippen LogP contribution is -2.42. The van der Waals surface area contributed by atoms with E-state index in [0.29, 0.717) is 6.61 Å². The van der Waals surface area contributed by atoms with Gasteiger partial charge >= 0.3 is 0 Å². The lowest BCUT2D eigenvalue weighted by molar-refractivity contribution is 0.0785. The quantitative estimate of drug-likeness (QED) is 0.793. The Labute approximate surface area is 90.1 Å². The molecule has 0 spiro atoms. The Morgan fingerprint density at radius 2 is 2.20 bits per heavy atom. The molecule has 2 atom stereocenters. The van der Waals surface area contributed by atoms with Crippen molar-refractivity contribution in [3.05, 3.63) is 24.3 Å². The zero-order chi connectivity index (χ0) is 10.7. The van der Waals surface area contributed by atoms with E-state index >= 15 is 0 Å². The Hall–Kier alpha value is -1.22. The van der Waals surface area contributed by atoms with Crippen LogP contribution < -0.4 is 10.1 Å². The zero-order valence-corrected chi connectivity index (χ0v) is 8.94. The molecule has 1 aromatic rings. The van der Waals surface area contributed by atoms with Crippen LogP contribution >= 0.6 is 0 Å². The first-order valence-electron chi connectivity index (χ1n) is 5.47. The molecule has 0 unspecified atom stereocenters. The van der Waals surface area contributed by atoms with Crippen molar-refractivity contribution in [1.29, 1.82) is 0 Å². The number of rotatable bonds is 4. The summed E-state index contributed by atoms with van der Waals surface area (Å²) in [5.74, 6) is 0.860. The molecule has 0 heterocycles. The number of anilines is 1. The molecule has 1 aliphatic rings. The van der Waals surface area contributed by atoms with E-state index in [9.17, 15) is 5.11 Å². The van der Waals surface area contributed by atoms with Gasteiger partial charge in [-0.3, -0.25) is 0 Å². The van der Waals surface area contributed by atoms with Gasteiger partial charge < -0.3 is 15.2 Å². The van der Waals surface area contributed by atoms with Gasteiger partial charge in [-0.05, 0) is 31.9 Å². The lowest BCUT2D eigenvalue weighted by atomic mass is 9.89. The maximum Gasteiger partial charge on any atom is 0.142 e. The molecule has 0 amide bonds. The summed E-state index contributed by atoms with van der Waals surface area (Å²) in [5.41, 5.74) is 0.975. The minimum Gasteiger partial charge on any atom is -0.492 e. The van der Waals surface area contributed by atoms with Crippen LogP contribution in [0.1, 0.15) is 19.8 Å². The lowest BCUT2D eigenvalue weighted by Gasteiger charge is -2.34. The summed E-state index contributed by atoms with van der Waals surface area (Å²) in [6.07, 6.45) is 1.72. The molecule has 3 heteroatoms. The molecule has 1 fully saturated rings. The largest absolute Gasteiger partial charge is 0.492 e. The number of ether oxygens (including phenoxy) is 1. The molecular formula is C12H17NO2. The average molecular weight is 207 g/mol. The molecule has 15 heavy (non-hydrogen) atoms. The van der Waals surface area contributed by atoms with Crippen LogP contribution in [-0.4, -0.2) is 23.9 Å². The Morgan fingerprint density at radius 1 is 1.40 bits per heavy atom. The highest BCUT2D eigenvalue weighted by atomic mass is 16.5. The third-order valence-corrected chi connectivity index (χ3v) is 2.77. The van der Waals surface area contributed by atoms with E-state index < -0.39 is 0 Å². The number of benzene rings is 1. The number of hydrogen-bond donors (Lipinski definition) is 2. The molecule has 82 valence electrons. The summed E-state index contributed by atoms with van der Waals surface area (Å²) in [4.78, 5) is 0. The first-order valence-corrected chi connectivity index (χ1v) is 5.47. The molecule has 0 saturated heterocycles. The first-order chi connectivity index (χ1) is 7.31. The molecule has 0 aromatic heterocycles. The van der Waals surface area contributed by atoms with Crippen molar-refractivity contribution in [2.24, 2.45) is 0 Å². The van der Waals surface area contributed by atoms with Crippen LogP contribution in [0.3, 0.4) is 0 Å². The van der Waals surface area contributed by atoms with E-state index in [4.69, 9.17) is 4.74 Å². The molecular weight excluding hydrogens is 190 g/mol. The van der Waals surface area contributed by atoms with Crippen molar-refractivity contribution >= 4 is 5.69 Å². The van der Waals surface area contributed by atoms with E-state index in [-0.39, 0.29) is 12.1 Å². The average Bonchev–Trinajstić information content (AvgIpc) is 2.26. The van der Waals surface area contributed by atoms with Gasteiger partial charge in [0, 0.05) is 0 Å². The number of aliphatic hydroxyl groups is 1. The van der Waals surface area contributed by atoms with Crippen molar-refractivity contribution in [3.8, 4) is 5.75 Å². The second kappa shape index (κ2) is 4.53. The summed E-state index contributed by atoms with van der Waals surface area (Å²) >= 11 is 0. The maximum absolute atomic E-state index is 9.49. The first kappa shape index (κ1) is 10.3. The third kappa shape index (κ3) is 2.23. The minimum atomic E-state index is -0.209. The minimum absolute atomic E-state index is 0.187. The van der Waals surface area contributed by atoms with Gasteiger partial charge in [0.15, 0.2) is 0 Å². The van der Waals surface area contributed by atoms with Crippen molar-refractivity contribution in [3.63, 3.8) is 0 Å². The molecule has 0 radical (unpaired) electrons. The molecule has 0 bridgehead atoms. The summed E-state index contributed by atoms with van der Waals surface area (Å²) in [7, 11) is 0. The van der Waals surface area contributed by atoms with Gasteiger partial charge in [0.1, 0.15) is 5.75 Å². The number of hydrogen-bond acceptors (Lipinski definition) is 3. The second-order valence-corrected chi connectivity index (χ2v) is 3.82. The number of para-hydroxylation sites is 2. The molecule has 1 aliphatic carbocycles. The summed E-state index contributed by atoms with van der Waals surface area (Å²) in [5, 5.41) is 12.8. The van der Waals surface area contributed by atoms with E-state index in [2.05, 4.69) is 5.32 Å². The van der Waals surface area contributed by atoms with Crippen LogP contribution in [0, 0.1) is 0 Å². The van der Waals surface area contributed by atoms with Crippen molar-refractivity contribution < 1.29 is 9.84 Å². The molecule has 2 N–H and O–H groups in total. The number of aliphatic hydroxyl groups excluding tert-OH is 1. The summed E-state index contributed by atoms with van der Waals surface area (Å²) in [6.45, 7) is 2.63. The highest BCUT2D eigenvalue weighted by Gasteiger charge is 2.28. The van der Waals surface area contributed by atoms with Crippen LogP contribution in [0.4, 0.5) is 5.69 Å². The topological polar surface area (TPSA) is 41.5 Å². The smallest absolute Gasteiger partial charge is 0.142 e. The van der Waals surface area contributed by atoms with Gasteiger partial charge in [0.2, 0.25) is 0 Å². The van der Waals surface area contributed by atoms with Gasteiger partial charge in [-0.1, -0.05) is 12.1 Å². The van der Waals surface area contributed by atoms with E-state index in [0.717, 1.165) is 24.3 Å². The number of nitrogens with one attached hydrogen (secondary N) is 1. The Bertz CT molecular complexity index is 327. The van der Waals surface area contributed by atoms with Crippen molar-refractivity contribution in [1.82, 2.24) is 0 Å². The SMILES string of the molecule is CCOc1ccccc1N[C@@H]1CC[C@H]1O. The molecule has 0 aliphatic heterocycles.